The van der Waals surface area contributed by atoms with E-state index in [1.807, 2.05) is 30.3 Å². The normalized spacial score (nSPS) is 12.7. The van der Waals surface area contributed by atoms with Gasteiger partial charge in [-0.15, -0.1) is 0 Å². The van der Waals surface area contributed by atoms with Crippen LogP contribution in [0.3, 0.4) is 0 Å². The molecule has 5 aromatic heterocycles. The second-order valence-electron chi connectivity index (χ2n) is 10.9. The monoisotopic (exact) mass is 521 g/mol. The van der Waals surface area contributed by atoms with Crippen LogP contribution in [-0.4, -0.2) is 41.5 Å². The van der Waals surface area contributed by atoms with Gasteiger partial charge in [0.05, 0.1) is 28.8 Å². The number of aliphatic hydroxyl groups is 1. The van der Waals surface area contributed by atoms with Crippen molar-refractivity contribution >= 4 is 27.8 Å². The standard InChI is InChI=1S/C30H28FN7O/c1-30(2,3)14-26(39)34-20-12-18(15-32-16-20)23-8-9-24-27(35-23)28(38-37-24)25-13-22-21(10-11-33-29(22)36-25)17-4-6-19(31)7-5-17/h4-13,15-16,26,34,39H,14H2,1-3H3,(H,33,36)(H,37,38). The maximum Gasteiger partial charge on any atom is 0.138 e. The van der Waals surface area contributed by atoms with Crippen LogP contribution in [0.5, 0.6) is 0 Å². The van der Waals surface area contributed by atoms with Crippen molar-refractivity contribution in [2.75, 3.05) is 5.32 Å². The third-order valence-electron chi connectivity index (χ3n) is 6.52. The first-order valence-electron chi connectivity index (χ1n) is 12.7. The van der Waals surface area contributed by atoms with Crippen molar-refractivity contribution in [2.45, 2.75) is 33.4 Å². The summed E-state index contributed by atoms with van der Waals surface area (Å²) in [6.45, 7) is 6.25. The summed E-state index contributed by atoms with van der Waals surface area (Å²) in [6, 6.07) is 16.1. The van der Waals surface area contributed by atoms with Crippen LogP contribution in [0.15, 0.2) is 73.2 Å². The number of aliphatic hydroxyl groups excluding tert-OH is 1. The van der Waals surface area contributed by atoms with Crippen molar-refractivity contribution in [3.8, 4) is 33.8 Å². The number of benzene rings is 1. The van der Waals surface area contributed by atoms with Crippen LogP contribution in [-0.2, 0) is 0 Å². The van der Waals surface area contributed by atoms with Gasteiger partial charge in [0.15, 0.2) is 0 Å². The molecule has 8 nitrogen and oxygen atoms in total. The van der Waals surface area contributed by atoms with Crippen LogP contribution in [0.1, 0.15) is 27.2 Å². The van der Waals surface area contributed by atoms with Gasteiger partial charge in [-0.05, 0) is 65.4 Å². The minimum atomic E-state index is -0.687. The Kier molecular flexibility index (Phi) is 6.07. The molecule has 39 heavy (non-hydrogen) atoms. The third kappa shape index (κ3) is 5.08. The Labute approximate surface area is 224 Å². The highest BCUT2D eigenvalue weighted by molar-refractivity contribution is 5.99. The molecule has 1 unspecified atom stereocenters. The maximum atomic E-state index is 13.5. The molecule has 0 fully saturated rings. The number of pyridine rings is 3. The van der Waals surface area contributed by atoms with E-state index < -0.39 is 6.23 Å². The Balaban J connectivity index is 1.36. The predicted octanol–water partition coefficient (Wildman–Crippen LogP) is 6.54. The summed E-state index contributed by atoms with van der Waals surface area (Å²) >= 11 is 0. The highest BCUT2D eigenvalue weighted by Crippen LogP contribution is 2.33. The van der Waals surface area contributed by atoms with Gasteiger partial charge in [-0.25, -0.2) is 14.4 Å². The molecule has 0 bridgehead atoms. The fourth-order valence-electron chi connectivity index (χ4n) is 4.77. The van der Waals surface area contributed by atoms with E-state index in [1.54, 1.807) is 30.7 Å². The van der Waals surface area contributed by atoms with Crippen molar-refractivity contribution in [2.24, 2.45) is 5.41 Å². The second-order valence-corrected chi connectivity index (χ2v) is 10.9. The fourth-order valence-corrected chi connectivity index (χ4v) is 4.77. The number of rotatable bonds is 6. The molecule has 0 amide bonds. The van der Waals surface area contributed by atoms with E-state index in [-0.39, 0.29) is 11.2 Å². The largest absolute Gasteiger partial charge is 0.374 e. The predicted molar refractivity (Wildman–Crippen MR) is 151 cm³/mol. The lowest BCUT2D eigenvalue weighted by Gasteiger charge is -2.23. The zero-order chi connectivity index (χ0) is 27.1. The summed E-state index contributed by atoms with van der Waals surface area (Å²) in [6.07, 6.45) is 5.08. The second kappa shape index (κ2) is 9.59. The number of aromatic nitrogens is 6. The zero-order valence-corrected chi connectivity index (χ0v) is 21.8. The van der Waals surface area contributed by atoms with Crippen LogP contribution in [0, 0.1) is 11.2 Å². The average Bonchev–Trinajstić information content (AvgIpc) is 3.52. The Hall–Kier alpha value is -4.63. The minimum Gasteiger partial charge on any atom is -0.374 e. The van der Waals surface area contributed by atoms with Crippen molar-refractivity contribution in [1.29, 1.82) is 0 Å². The zero-order valence-electron chi connectivity index (χ0n) is 21.8. The number of anilines is 1. The first-order valence-corrected chi connectivity index (χ1v) is 12.7. The van der Waals surface area contributed by atoms with Crippen LogP contribution in [0.4, 0.5) is 10.1 Å². The number of nitrogens with one attached hydrogen (secondary N) is 3. The van der Waals surface area contributed by atoms with Gasteiger partial charge in [-0.1, -0.05) is 32.9 Å². The van der Waals surface area contributed by atoms with Crippen LogP contribution in [0.2, 0.25) is 0 Å². The summed E-state index contributed by atoms with van der Waals surface area (Å²) in [5, 5.41) is 22.1. The van der Waals surface area contributed by atoms with Gasteiger partial charge < -0.3 is 15.4 Å². The minimum absolute atomic E-state index is 0.0142. The molecule has 4 N–H and O–H groups in total. The van der Waals surface area contributed by atoms with Gasteiger partial charge in [-0.3, -0.25) is 10.1 Å². The summed E-state index contributed by atoms with van der Waals surface area (Å²) < 4.78 is 13.5. The van der Waals surface area contributed by atoms with Gasteiger partial charge in [0.25, 0.3) is 0 Å². The summed E-state index contributed by atoms with van der Waals surface area (Å²) in [7, 11) is 0. The number of H-pyrrole nitrogens is 2. The van der Waals surface area contributed by atoms with E-state index in [2.05, 4.69) is 51.2 Å². The molecule has 0 spiro atoms. The molecular formula is C30H28FN7O. The molecule has 196 valence electrons. The summed E-state index contributed by atoms with van der Waals surface area (Å²) in [5.74, 6) is -0.277. The first kappa shape index (κ1) is 24.7. The Bertz CT molecular complexity index is 1780. The lowest BCUT2D eigenvalue weighted by Crippen LogP contribution is -2.25. The lowest BCUT2D eigenvalue weighted by atomic mass is 9.91. The van der Waals surface area contributed by atoms with E-state index in [4.69, 9.17) is 4.98 Å². The van der Waals surface area contributed by atoms with E-state index in [9.17, 15) is 9.50 Å². The van der Waals surface area contributed by atoms with E-state index in [0.29, 0.717) is 29.0 Å². The van der Waals surface area contributed by atoms with Gasteiger partial charge in [0, 0.05) is 23.3 Å². The lowest BCUT2D eigenvalue weighted by molar-refractivity contribution is 0.145. The van der Waals surface area contributed by atoms with Crippen LogP contribution < -0.4 is 5.32 Å². The average molecular weight is 522 g/mol. The molecule has 0 aliphatic carbocycles. The highest BCUT2D eigenvalue weighted by atomic mass is 19.1. The molecular weight excluding hydrogens is 493 g/mol. The van der Waals surface area contributed by atoms with Crippen molar-refractivity contribution in [1.82, 2.24) is 30.1 Å². The molecule has 0 radical (unpaired) electrons. The Morgan fingerprint density at radius 1 is 1.00 bits per heavy atom. The molecule has 1 atom stereocenters. The molecule has 1 aromatic carbocycles. The molecule has 0 saturated carbocycles. The molecule has 0 aliphatic rings. The van der Waals surface area contributed by atoms with Crippen LogP contribution in [0.25, 0.3) is 55.8 Å². The maximum absolute atomic E-state index is 13.5. The topological polar surface area (TPSA) is 115 Å². The van der Waals surface area contributed by atoms with Crippen molar-refractivity contribution < 1.29 is 9.50 Å². The first-order chi connectivity index (χ1) is 18.7. The number of fused-ring (bicyclic) bond motifs is 2. The molecule has 6 rings (SSSR count). The van der Waals surface area contributed by atoms with Gasteiger partial charge in [0.2, 0.25) is 0 Å². The summed E-state index contributed by atoms with van der Waals surface area (Å²) in [4.78, 5) is 17.1. The Morgan fingerprint density at radius 2 is 1.82 bits per heavy atom. The molecule has 6 aromatic rings. The van der Waals surface area contributed by atoms with Crippen LogP contribution >= 0.6 is 0 Å². The number of halogens is 1. The Morgan fingerprint density at radius 3 is 2.62 bits per heavy atom. The van der Waals surface area contributed by atoms with Gasteiger partial charge >= 0.3 is 0 Å². The highest BCUT2D eigenvalue weighted by Gasteiger charge is 2.18. The van der Waals surface area contributed by atoms with Gasteiger partial charge in [0.1, 0.15) is 28.9 Å². The van der Waals surface area contributed by atoms with E-state index >= 15 is 0 Å². The number of nitrogens with zero attached hydrogens (tertiary/aromatic N) is 4. The van der Waals surface area contributed by atoms with Crippen molar-refractivity contribution in [3.63, 3.8) is 0 Å². The fraction of sp³-hybridized carbons (Fsp3) is 0.200. The summed E-state index contributed by atoms with van der Waals surface area (Å²) in [5.41, 5.74) is 7.72. The smallest absolute Gasteiger partial charge is 0.138 e. The molecule has 0 saturated heterocycles. The molecule has 9 heteroatoms. The van der Waals surface area contributed by atoms with E-state index in [0.717, 1.165) is 39.0 Å². The third-order valence-corrected chi connectivity index (χ3v) is 6.52. The van der Waals surface area contributed by atoms with Crippen molar-refractivity contribution in [3.05, 3.63) is 79.0 Å². The number of hydrogen-bond donors (Lipinski definition) is 4. The van der Waals surface area contributed by atoms with E-state index in [1.165, 1.54) is 12.1 Å². The molecule has 0 aliphatic heterocycles. The quantitative estimate of drug-likeness (QED) is 0.185. The number of hydrogen-bond acceptors (Lipinski definition) is 6. The molecule has 5 heterocycles. The number of aromatic amines is 2. The van der Waals surface area contributed by atoms with Gasteiger partial charge in [-0.2, -0.15) is 5.10 Å². The SMILES string of the molecule is CC(C)(C)CC(O)Nc1cncc(-c2ccc3[nH]nc(-c4cc5c(-c6ccc(F)cc6)ccnc5[nH]4)c3n2)c1.